The molecule has 5 heterocycles. The van der Waals surface area contributed by atoms with Crippen LogP contribution >= 0.6 is 22.7 Å². The Labute approximate surface area is 213 Å². The van der Waals surface area contributed by atoms with Gasteiger partial charge in [0.05, 0.1) is 4.88 Å². The number of amides is 1. The number of likely N-dealkylation sites (N-methyl/N-ethyl adjacent to an activating group) is 1. The molecule has 6 rings (SSSR count). The van der Waals surface area contributed by atoms with E-state index >= 15 is 0 Å². The van der Waals surface area contributed by atoms with Crippen molar-refractivity contribution in [3.05, 3.63) is 82.7 Å². The van der Waals surface area contributed by atoms with Crippen LogP contribution in [0, 0.1) is 0 Å². The fourth-order valence-corrected chi connectivity index (χ4v) is 7.61. The number of hydrogen-bond donors (Lipinski definition) is 2. The molecule has 4 aromatic heterocycles. The number of rotatable bonds is 4. The molecule has 0 radical (unpaired) electrons. The lowest BCUT2D eigenvalue weighted by Crippen LogP contribution is -2.36. The van der Waals surface area contributed by atoms with Crippen LogP contribution in [0.4, 0.5) is 5.82 Å². The highest BCUT2D eigenvalue weighted by Gasteiger charge is 2.40. The number of nitrogens with zero attached hydrogens (tertiary/aromatic N) is 2. The average Bonchev–Trinajstić information content (AvgIpc) is 3.62. The maximum atomic E-state index is 13.2. The van der Waals surface area contributed by atoms with E-state index in [1.165, 1.54) is 24.5 Å². The van der Waals surface area contributed by atoms with Crippen molar-refractivity contribution in [3.8, 4) is 21.2 Å². The van der Waals surface area contributed by atoms with Gasteiger partial charge in [-0.05, 0) is 41.8 Å². The third-order valence-electron chi connectivity index (χ3n) is 5.74. The average molecular weight is 536 g/mol. The van der Waals surface area contributed by atoms with E-state index in [0.29, 0.717) is 21.9 Å². The summed E-state index contributed by atoms with van der Waals surface area (Å²) in [6.45, 7) is 0. The number of furan rings is 1. The fraction of sp³-hybridized carbons (Fsp3) is 0.0400. The summed E-state index contributed by atoms with van der Waals surface area (Å²) in [6, 6.07) is 19.7. The van der Waals surface area contributed by atoms with Gasteiger partial charge in [0.2, 0.25) is 0 Å². The highest BCUT2D eigenvalue weighted by Crippen LogP contribution is 2.44. The number of aliphatic hydroxyl groups excluding tert-OH is 1. The summed E-state index contributed by atoms with van der Waals surface area (Å²) in [7, 11) is -2.80. The van der Waals surface area contributed by atoms with Crippen LogP contribution in [0.5, 0.6) is 0 Å². The lowest BCUT2D eigenvalue weighted by molar-refractivity contribution is -0.113. The number of nitrogens with one attached hydrogen (secondary N) is 1. The normalized spacial score (nSPS) is 14.8. The van der Waals surface area contributed by atoms with E-state index in [2.05, 4.69) is 10.3 Å². The van der Waals surface area contributed by atoms with Crippen LogP contribution in [0.3, 0.4) is 0 Å². The number of benzene rings is 1. The van der Waals surface area contributed by atoms with Gasteiger partial charge < -0.3 is 14.8 Å². The topological polar surface area (TPSA) is 113 Å². The van der Waals surface area contributed by atoms with Crippen molar-refractivity contribution < 1.29 is 22.7 Å². The summed E-state index contributed by atoms with van der Waals surface area (Å²) in [6.07, 6.45) is 0. The maximum absolute atomic E-state index is 13.2. The molecule has 8 nitrogen and oxygen atoms in total. The first kappa shape index (κ1) is 22.5. The van der Waals surface area contributed by atoms with Crippen LogP contribution in [-0.4, -0.2) is 35.8 Å². The van der Waals surface area contributed by atoms with E-state index in [1.807, 2.05) is 47.8 Å². The third-order valence-corrected chi connectivity index (χ3v) is 9.86. The molecular formula is C25H17N3O5S3. The highest BCUT2D eigenvalue weighted by molar-refractivity contribution is 7.89. The number of anilines is 1. The Kier molecular flexibility index (Phi) is 5.21. The van der Waals surface area contributed by atoms with Gasteiger partial charge in [-0.2, -0.15) is 0 Å². The molecular weight excluding hydrogens is 518 g/mol. The molecule has 0 fully saturated rings. The Morgan fingerprint density at radius 3 is 2.67 bits per heavy atom. The molecule has 0 saturated carbocycles. The number of fused-ring (bicyclic) bond motifs is 2. The number of thiophene rings is 2. The molecule has 180 valence electrons. The van der Waals surface area contributed by atoms with Crippen molar-refractivity contribution in [1.29, 1.82) is 0 Å². The predicted molar refractivity (Wildman–Crippen MR) is 140 cm³/mol. The molecule has 5 aromatic rings. The SMILES string of the molecule is CN1C(C(=O)Nc2cccc(-c3cc4ccccc4o3)n2)=C(O)c2sc(-c3cccs3)cc2S1(=O)=O. The van der Waals surface area contributed by atoms with E-state index < -0.39 is 21.7 Å². The van der Waals surface area contributed by atoms with E-state index in [0.717, 1.165) is 25.9 Å². The number of sulfonamides is 1. The molecule has 0 aliphatic carbocycles. The van der Waals surface area contributed by atoms with Gasteiger partial charge in [0.15, 0.2) is 17.2 Å². The first-order chi connectivity index (χ1) is 17.3. The number of para-hydroxylation sites is 1. The Morgan fingerprint density at radius 1 is 1.06 bits per heavy atom. The molecule has 0 unspecified atom stereocenters. The zero-order chi connectivity index (χ0) is 25.0. The lowest BCUT2D eigenvalue weighted by atomic mass is 10.2. The van der Waals surface area contributed by atoms with Gasteiger partial charge in [-0.3, -0.25) is 9.10 Å². The number of aromatic nitrogens is 1. The molecule has 1 aliphatic heterocycles. The van der Waals surface area contributed by atoms with Crippen LogP contribution in [0.1, 0.15) is 4.88 Å². The van der Waals surface area contributed by atoms with Crippen molar-refractivity contribution in [2.45, 2.75) is 4.90 Å². The standard InChI is InChI=1S/C25H17N3O5S3/c1-28-22(23(29)24-20(36(28,31)32)13-19(35-24)18-9-5-11-34-18)25(30)27-21-10-4-7-15(26-21)17-12-14-6-2-3-8-16(14)33-17/h2-13,29H,1H3,(H,26,27,30). The van der Waals surface area contributed by atoms with E-state index in [4.69, 9.17) is 4.42 Å². The number of carbonyl (C=O) groups excluding carboxylic acids is 1. The quantitative estimate of drug-likeness (QED) is 0.301. The molecule has 1 aromatic carbocycles. The Hall–Kier alpha value is -3.93. The largest absolute Gasteiger partial charge is 0.504 e. The molecule has 0 atom stereocenters. The summed E-state index contributed by atoms with van der Waals surface area (Å²) in [5.74, 6) is -0.498. The molecule has 11 heteroatoms. The second-order valence-corrected chi connectivity index (χ2v) is 11.9. The Morgan fingerprint density at radius 2 is 1.89 bits per heavy atom. The smallest absolute Gasteiger partial charge is 0.278 e. The zero-order valence-electron chi connectivity index (χ0n) is 18.6. The van der Waals surface area contributed by atoms with Crippen molar-refractivity contribution in [1.82, 2.24) is 9.29 Å². The predicted octanol–water partition coefficient (Wildman–Crippen LogP) is 5.78. The molecule has 0 bridgehead atoms. The van der Waals surface area contributed by atoms with Gasteiger partial charge in [0, 0.05) is 22.2 Å². The number of aliphatic hydroxyl groups is 1. The minimum absolute atomic E-state index is 0.0301. The summed E-state index contributed by atoms with van der Waals surface area (Å²) in [5, 5.41) is 16.4. The van der Waals surface area contributed by atoms with Crippen molar-refractivity contribution in [2.75, 3.05) is 12.4 Å². The van der Waals surface area contributed by atoms with Crippen molar-refractivity contribution in [2.24, 2.45) is 0 Å². The minimum Gasteiger partial charge on any atom is -0.504 e. The highest BCUT2D eigenvalue weighted by atomic mass is 32.2. The first-order valence-corrected chi connectivity index (χ1v) is 13.8. The monoisotopic (exact) mass is 535 g/mol. The summed E-state index contributed by atoms with van der Waals surface area (Å²) in [5.41, 5.74) is 0.826. The van der Waals surface area contributed by atoms with Gasteiger partial charge >= 0.3 is 0 Å². The summed E-state index contributed by atoms with van der Waals surface area (Å²) >= 11 is 2.58. The summed E-state index contributed by atoms with van der Waals surface area (Å²) in [4.78, 5) is 19.3. The molecule has 0 spiro atoms. The molecule has 36 heavy (non-hydrogen) atoms. The van der Waals surface area contributed by atoms with Crippen LogP contribution in [0.15, 0.2) is 87.1 Å². The molecule has 1 aliphatic rings. The number of hydrogen-bond acceptors (Lipinski definition) is 8. The van der Waals surface area contributed by atoms with Crippen molar-refractivity contribution in [3.63, 3.8) is 0 Å². The molecule has 2 N–H and O–H groups in total. The van der Waals surface area contributed by atoms with E-state index in [1.54, 1.807) is 18.2 Å². The Bertz CT molecular complexity index is 1750. The van der Waals surface area contributed by atoms with Gasteiger partial charge in [-0.15, -0.1) is 22.7 Å². The van der Waals surface area contributed by atoms with E-state index in [-0.39, 0.29) is 21.3 Å². The number of pyridine rings is 1. The second kappa shape index (κ2) is 8.33. The summed E-state index contributed by atoms with van der Waals surface area (Å²) < 4.78 is 33.1. The van der Waals surface area contributed by atoms with Gasteiger partial charge in [0.25, 0.3) is 15.9 Å². The van der Waals surface area contributed by atoms with Gasteiger partial charge in [-0.1, -0.05) is 30.3 Å². The lowest BCUT2D eigenvalue weighted by Gasteiger charge is -2.26. The maximum Gasteiger partial charge on any atom is 0.278 e. The van der Waals surface area contributed by atoms with Gasteiger partial charge in [0.1, 0.15) is 22.0 Å². The molecule has 0 saturated heterocycles. The molecule has 1 amide bonds. The second-order valence-electron chi connectivity index (χ2n) is 7.96. The number of carbonyl (C=O) groups is 1. The zero-order valence-corrected chi connectivity index (χ0v) is 21.1. The van der Waals surface area contributed by atoms with Gasteiger partial charge in [-0.25, -0.2) is 13.4 Å². The van der Waals surface area contributed by atoms with Crippen LogP contribution in [0.2, 0.25) is 0 Å². The minimum atomic E-state index is -4.04. The fourth-order valence-electron chi connectivity index (χ4n) is 3.97. The first-order valence-electron chi connectivity index (χ1n) is 10.7. The van der Waals surface area contributed by atoms with Crippen LogP contribution in [-0.2, 0) is 14.8 Å². The van der Waals surface area contributed by atoms with E-state index in [9.17, 15) is 18.3 Å². The van der Waals surface area contributed by atoms with Crippen LogP contribution in [0.25, 0.3) is 37.9 Å². The van der Waals surface area contributed by atoms with Crippen molar-refractivity contribution >= 4 is 61.2 Å². The third kappa shape index (κ3) is 3.60. The van der Waals surface area contributed by atoms with Crippen LogP contribution < -0.4 is 5.32 Å². The Balaban J connectivity index is 1.35.